The lowest BCUT2D eigenvalue weighted by molar-refractivity contribution is 0.657. The van der Waals surface area contributed by atoms with Gasteiger partial charge in [-0.2, -0.15) is 5.10 Å². The molecule has 3 aromatic rings. The zero-order chi connectivity index (χ0) is 18.5. The van der Waals surface area contributed by atoms with Gasteiger partial charge in [-0.05, 0) is 50.2 Å². The van der Waals surface area contributed by atoms with Crippen molar-refractivity contribution in [3.8, 4) is 0 Å². The molecule has 0 bridgehead atoms. The second kappa shape index (κ2) is 8.15. The molecule has 0 aliphatic heterocycles. The van der Waals surface area contributed by atoms with Gasteiger partial charge >= 0.3 is 0 Å². The summed E-state index contributed by atoms with van der Waals surface area (Å²) in [5.74, 6) is 0. The van der Waals surface area contributed by atoms with E-state index in [9.17, 15) is 0 Å². The summed E-state index contributed by atoms with van der Waals surface area (Å²) in [5.41, 5.74) is 6.82. The number of hydrogen-bond donors (Lipinski definition) is 2. The minimum absolute atomic E-state index is 0.619. The molecule has 134 valence electrons. The second-order valence-corrected chi connectivity index (χ2v) is 6.82. The van der Waals surface area contributed by atoms with Crippen LogP contribution in [0.1, 0.15) is 28.1 Å². The molecular formula is C21H24N4S. The number of nitrogens with zero attached hydrogens (tertiary/aromatic N) is 2. The van der Waals surface area contributed by atoms with Crippen LogP contribution in [0.15, 0.2) is 54.6 Å². The van der Waals surface area contributed by atoms with Gasteiger partial charge in [0.05, 0.1) is 12.2 Å². The molecule has 0 saturated heterocycles. The van der Waals surface area contributed by atoms with Crippen LogP contribution < -0.4 is 10.6 Å². The number of thiocarbonyl (C=S) groups is 1. The Bertz CT molecular complexity index is 900. The fourth-order valence-corrected chi connectivity index (χ4v) is 3.13. The lowest BCUT2D eigenvalue weighted by Gasteiger charge is -2.12. The molecule has 0 aliphatic rings. The van der Waals surface area contributed by atoms with Gasteiger partial charge in [0.2, 0.25) is 0 Å². The van der Waals surface area contributed by atoms with Gasteiger partial charge in [0, 0.05) is 23.5 Å². The van der Waals surface area contributed by atoms with Gasteiger partial charge < -0.3 is 10.6 Å². The average molecular weight is 365 g/mol. The molecule has 2 N–H and O–H groups in total. The molecule has 26 heavy (non-hydrogen) atoms. The predicted molar refractivity (Wildman–Crippen MR) is 111 cm³/mol. The summed E-state index contributed by atoms with van der Waals surface area (Å²) >= 11 is 5.44. The van der Waals surface area contributed by atoms with E-state index >= 15 is 0 Å². The van der Waals surface area contributed by atoms with Crippen molar-refractivity contribution in [1.29, 1.82) is 0 Å². The summed E-state index contributed by atoms with van der Waals surface area (Å²) in [5, 5.41) is 11.9. The van der Waals surface area contributed by atoms with E-state index in [4.69, 9.17) is 17.3 Å². The van der Waals surface area contributed by atoms with Gasteiger partial charge in [0.25, 0.3) is 0 Å². The summed E-state index contributed by atoms with van der Waals surface area (Å²) in [6.07, 6.45) is 0. The standard InChI is InChI=1S/C21H24N4S/c1-15-9-7-8-12-20(15)23-21(26)22-13-19-16(2)24-25(17(19)3)14-18-10-5-4-6-11-18/h4-12H,13-14H2,1-3H3,(H2,22,23,26). The van der Waals surface area contributed by atoms with E-state index in [1.165, 1.54) is 16.7 Å². The van der Waals surface area contributed by atoms with Crippen LogP contribution in [0.2, 0.25) is 0 Å². The van der Waals surface area contributed by atoms with Crippen LogP contribution in [-0.2, 0) is 13.1 Å². The molecule has 0 fully saturated rings. The van der Waals surface area contributed by atoms with Crippen LogP contribution in [0.3, 0.4) is 0 Å². The highest BCUT2D eigenvalue weighted by atomic mass is 32.1. The molecule has 4 nitrogen and oxygen atoms in total. The molecule has 0 spiro atoms. The van der Waals surface area contributed by atoms with Gasteiger partial charge in [0.1, 0.15) is 0 Å². The first-order valence-electron chi connectivity index (χ1n) is 8.72. The molecule has 0 atom stereocenters. The summed E-state index contributed by atoms with van der Waals surface area (Å²) in [6.45, 7) is 7.65. The van der Waals surface area contributed by atoms with E-state index in [2.05, 4.69) is 59.5 Å². The Balaban J connectivity index is 1.65. The third kappa shape index (κ3) is 4.29. The fourth-order valence-electron chi connectivity index (χ4n) is 2.95. The van der Waals surface area contributed by atoms with E-state index in [1.54, 1.807) is 0 Å². The normalized spacial score (nSPS) is 10.6. The van der Waals surface area contributed by atoms with Crippen LogP contribution in [-0.4, -0.2) is 14.9 Å². The first kappa shape index (κ1) is 18.1. The van der Waals surface area contributed by atoms with Crippen molar-refractivity contribution in [3.63, 3.8) is 0 Å². The molecule has 2 aromatic carbocycles. The van der Waals surface area contributed by atoms with Crippen molar-refractivity contribution in [2.24, 2.45) is 0 Å². The number of hydrogen-bond acceptors (Lipinski definition) is 2. The topological polar surface area (TPSA) is 41.9 Å². The fraction of sp³-hybridized carbons (Fsp3) is 0.238. The van der Waals surface area contributed by atoms with Crippen LogP contribution in [0.4, 0.5) is 5.69 Å². The van der Waals surface area contributed by atoms with Gasteiger partial charge in [0.15, 0.2) is 5.11 Å². The Morgan fingerprint density at radius 1 is 1.00 bits per heavy atom. The van der Waals surface area contributed by atoms with E-state index in [1.807, 2.05) is 31.2 Å². The molecular weight excluding hydrogens is 340 g/mol. The molecule has 0 aliphatic carbocycles. The Hall–Kier alpha value is -2.66. The smallest absolute Gasteiger partial charge is 0.171 e. The lowest BCUT2D eigenvalue weighted by atomic mass is 10.2. The SMILES string of the molecule is Cc1ccccc1NC(=S)NCc1c(C)nn(Cc2ccccc2)c1C. The van der Waals surface area contributed by atoms with Gasteiger partial charge in [-0.3, -0.25) is 4.68 Å². The summed E-state index contributed by atoms with van der Waals surface area (Å²) in [4.78, 5) is 0. The number of aromatic nitrogens is 2. The van der Waals surface area contributed by atoms with Crippen LogP contribution in [0, 0.1) is 20.8 Å². The maximum absolute atomic E-state index is 5.44. The van der Waals surface area contributed by atoms with Crippen LogP contribution in [0.25, 0.3) is 0 Å². The maximum atomic E-state index is 5.44. The minimum atomic E-state index is 0.619. The molecule has 0 unspecified atom stereocenters. The van der Waals surface area contributed by atoms with E-state index in [0.717, 1.165) is 23.6 Å². The number of para-hydroxylation sites is 1. The second-order valence-electron chi connectivity index (χ2n) is 6.42. The molecule has 1 aromatic heterocycles. The van der Waals surface area contributed by atoms with E-state index < -0.39 is 0 Å². The summed E-state index contributed by atoms with van der Waals surface area (Å²) in [7, 11) is 0. The zero-order valence-electron chi connectivity index (χ0n) is 15.4. The zero-order valence-corrected chi connectivity index (χ0v) is 16.2. The quantitative estimate of drug-likeness (QED) is 0.661. The first-order valence-corrected chi connectivity index (χ1v) is 9.12. The van der Waals surface area contributed by atoms with Crippen LogP contribution in [0.5, 0.6) is 0 Å². The number of rotatable bonds is 5. The number of aryl methyl sites for hydroxylation is 2. The number of nitrogens with one attached hydrogen (secondary N) is 2. The maximum Gasteiger partial charge on any atom is 0.171 e. The summed E-state index contributed by atoms with van der Waals surface area (Å²) in [6, 6.07) is 18.5. The van der Waals surface area contributed by atoms with Crippen LogP contribution >= 0.6 is 12.2 Å². The summed E-state index contributed by atoms with van der Waals surface area (Å²) < 4.78 is 2.06. The van der Waals surface area contributed by atoms with Gasteiger partial charge in [-0.1, -0.05) is 48.5 Å². The van der Waals surface area contributed by atoms with Gasteiger partial charge in [-0.15, -0.1) is 0 Å². The highest BCUT2D eigenvalue weighted by molar-refractivity contribution is 7.80. The van der Waals surface area contributed by atoms with Crippen molar-refractivity contribution >= 4 is 23.0 Å². The third-order valence-corrected chi connectivity index (χ3v) is 4.77. The highest BCUT2D eigenvalue weighted by Gasteiger charge is 2.12. The van der Waals surface area contributed by atoms with E-state index in [-0.39, 0.29) is 0 Å². The van der Waals surface area contributed by atoms with Crippen molar-refractivity contribution in [2.75, 3.05) is 5.32 Å². The molecule has 0 amide bonds. The Morgan fingerprint density at radius 2 is 1.69 bits per heavy atom. The molecule has 1 heterocycles. The van der Waals surface area contributed by atoms with Crippen molar-refractivity contribution < 1.29 is 0 Å². The molecule has 0 radical (unpaired) electrons. The minimum Gasteiger partial charge on any atom is -0.358 e. The number of anilines is 1. The van der Waals surface area contributed by atoms with E-state index in [0.29, 0.717) is 11.7 Å². The van der Waals surface area contributed by atoms with Crippen molar-refractivity contribution in [2.45, 2.75) is 33.9 Å². The lowest BCUT2D eigenvalue weighted by Crippen LogP contribution is -2.28. The highest BCUT2D eigenvalue weighted by Crippen LogP contribution is 2.16. The monoisotopic (exact) mass is 364 g/mol. The van der Waals surface area contributed by atoms with Gasteiger partial charge in [-0.25, -0.2) is 0 Å². The molecule has 5 heteroatoms. The Labute approximate surface area is 160 Å². The molecule has 3 rings (SSSR count). The van der Waals surface area contributed by atoms with Crippen molar-refractivity contribution in [3.05, 3.63) is 82.7 Å². The Morgan fingerprint density at radius 3 is 2.42 bits per heavy atom. The largest absolute Gasteiger partial charge is 0.358 e. The van der Waals surface area contributed by atoms with Crippen molar-refractivity contribution in [1.82, 2.24) is 15.1 Å². The predicted octanol–water partition coefficient (Wildman–Crippen LogP) is 4.34. The number of benzene rings is 2. The average Bonchev–Trinajstić information content (AvgIpc) is 2.89. The Kier molecular flexibility index (Phi) is 5.68. The molecule has 0 saturated carbocycles. The third-order valence-electron chi connectivity index (χ3n) is 4.53. The first-order chi connectivity index (χ1) is 12.5.